The van der Waals surface area contributed by atoms with E-state index in [1.54, 1.807) is 48.5 Å². The molecule has 0 heterocycles. The van der Waals surface area contributed by atoms with Gasteiger partial charge in [0.05, 0.1) is 10.6 Å². The molecular weight excluding hydrogens is 534 g/mol. The molecule has 0 spiro atoms. The molecule has 8 heteroatoms. The van der Waals surface area contributed by atoms with E-state index in [1.165, 1.54) is 17.0 Å². The fourth-order valence-corrected chi connectivity index (χ4v) is 6.13. The zero-order chi connectivity index (χ0) is 29.2. The lowest BCUT2D eigenvalue weighted by atomic mass is 10.0. The Morgan fingerprint density at radius 2 is 1.37 bits per heavy atom. The number of amides is 2. The van der Waals surface area contributed by atoms with Crippen molar-refractivity contribution in [1.29, 1.82) is 0 Å². The molecule has 4 aromatic carbocycles. The predicted octanol–water partition coefficient (Wildman–Crippen LogP) is 4.97. The van der Waals surface area contributed by atoms with E-state index in [9.17, 15) is 18.0 Å². The van der Waals surface area contributed by atoms with Crippen LogP contribution in [-0.2, 0) is 32.6 Å². The van der Waals surface area contributed by atoms with Gasteiger partial charge in [-0.15, -0.1) is 0 Å². The molecule has 4 rings (SSSR count). The number of nitrogens with one attached hydrogen (secondary N) is 1. The maximum Gasteiger partial charge on any atom is 0.264 e. The largest absolute Gasteiger partial charge is 0.355 e. The number of nitrogens with zero attached hydrogens (tertiary/aromatic N) is 2. The number of para-hydroxylation sites is 1. The lowest BCUT2D eigenvalue weighted by Crippen LogP contribution is -2.53. The van der Waals surface area contributed by atoms with E-state index >= 15 is 0 Å². The highest BCUT2D eigenvalue weighted by Gasteiger charge is 2.34. The Kier molecular flexibility index (Phi) is 9.92. The first kappa shape index (κ1) is 29.6. The van der Waals surface area contributed by atoms with E-state index in [-0.39, 0.29) is 23.8 Å². The summed E-state index contributed by atoms with van der Waals surface area (Å²) >= 11 is 0. The summed E-state index contributed by atoms with van der Waals surface area (Å²) in [6, 6.07) is 33.0. The first-order valence-electron chi connectivity index (χ1n) is 13.6. The normalized spacial score (nSPS) is 11.9. The highest BCUT2D eigenvalue weighted by Crippen LogP contribution is 2.25. The molecule has 0 bridgehead atoms. The first-order valence-corrected chi connectivity index (χ1v) is 15.0. The molecule has 4 aromatic rings. The SMILES string of the molecule is CCNC(=O)[C@H](Cc1ccccc1)N(Cc1cccc(C)c1)C(=O)CN(c1ccccc1)S(=O)(=O)c1ccccc1. The Labute approximate surface area is 242 Å². The Morgan fingerprint density at radius 1 is 0.780 bits per heavy atom. The molecule has 0 saturated heterocycles. The molecule has 0 aliphatic heterocycles. The Bertz CT molecular complexity index is 1550. The highest BCUT2D eigenvalue weighted by molar-refractivity contribution is 7.92. The van der Waals surface area contributed by atoms with Crippen LogP contribution in [0.1, 0.15) is 23.6 Å². The van der Waals surface area contributed by atoms with Gasteiger partial charge in [-0.3, -0.25) is 13.9 Å². The minimum atomic E-state index is -4.09. The molecule has 7 nitrogen and oxygen atoms in total. The third kappa shape index (κ3) is 7.61. The summed E-state index contributed by atoms with van der Waals surface area (Å²) in [6.07, 6.45) is 0.279. The third-order valence-electron chi connectivity index (χ3n) is 6.71. The summed E-state index contributed by atoms with van der Waals surface area (Å²) < 4.78 is 28.9. The molecule has 0 aliphatic carbocycles. The minimum Gasteiger partial charge on any atom is -0.355 e. The van der Waals surface area contributed by atoms with Crippen LogP contribution in [0.2, 0.25) is 0 Å². The summed E-state index contributed by atoms with van der Waals surface area (Å²) in [6.45, 7) is 3.86. The molecule has 41 heavy (non-hydrogen) atoms. The van der Waals surface area contributed by atoms with Gasteiger partial charge in [0, 0.05) is 19.5 Å². The van der Waals surface area contributed by atoms with Crippen molar-refractivity contribution in [3.8, 4) is 0 Å². The minimum absolute atomic E-state index is 0.0754. The van der Waals surface area contributed by atoms with E-state index in [1.807, 2.05) is 68.4 Å². The van der Waals surface area contributed by atoms with Crippen molar-refractivity contribution < 1.29 is 18.0 Å². The average Bonchev–Trinajstić information content (AvgIpc) is 2.99. The number of aryl methyl sites for hydroxylation is 1. The van der Waals surface area contributed by atoms with Gasteiger partial charge in [-0.1, -0.05) is 96.6 Å². The molecule has 1 N–H and O–H groups in total. The lowest BCUT2D eigenvalue weighted by Gasteiger charge is -2.34. The number of hydrogen-bond acceptors (Lipinski definition) is 4. The Balaban J connectivity index is 1.77. The molecule has 0 saturated carbocycles. The molecular formula is C33H35N3O4S. The van der Waals surface area contributed by atoms with Crippen molar-refractivity contribution in [2.75, 3.05) is 17.4 Å². The van der Waals surface area contributed by atoms with Gasteiger partial charge in [-0.25, -0.2) is 8.42 Å². The van der Waals surface area contributed by atoms with E-state index in [2.05, 4.69) is 5.32 Å². The molecule has 212 valence electrons. The van der Waals surface area contributed by atoms with Crippen molar-refractivity contribution in [3.63, 3.8) is 0 Å². The van der Waals surface area contributed by atoms with Crippen LogP contribution in [0.4, 0.5) is 5.69 Å². The fourth-order valence-electron chi connectivity index (χ4n) is 4.70. The van der Waals surface area contributed by atoms with Gasteiger partial charge < -0.3 is 10.2 Å². The molecule has 0 fully saturated rings. The van der Waals surface area contributed by atoms with Crippen molar-refractivity contribution in [1.82, 2.24) is 10.2 Å². The van der Waals surface area contributed by atoms with Gasteiger partial charge in [0.1, 0.15) is 12.6 Å². The van der Waals surface area contributed by atoms with E-state index in [0.717, 1.165) is 21.0 Å². The standard InChI is InChI=1S/C33H35N3O4S/c1-3-34-33(38)31(23-27-15-7-4-8-16-27)35(24-28-17-13-14-26(2)22-28)32(37)25-36(29-18-9-5-10-19-29)41(39,40)30-20-11-6-12-21-30/h4-22,31H,3,23-25H2,1-2H3,(H,34,38)/t31-/m0/s1. The topological polar surface area (TPSA) is 86.8 Å². The monoisotopic (exact) mass is 569 g/mol. The van der Waals surface area contributed by atoms with Crippen LogP contribution in [0.15, 0.2) is 120 Å². The number of benzene rings is 4. The summed E-state index contributed by atoms with van der Waals surface area (Å²) in [7, 11) is -4.09. The lowest BCUT2D eigenvalue weighted by molar-refractivity contribution is -0.140. The average molecular weight is 570 g/mol. The van der Waals surface area contributed by atoms with Crippen LogP contribution in [-0.4, -0.2) is 44.3 Å². The predicted molar refractivity (Wildman–Crippen MR) is 162 cm³/mol. The van der Waals surface area contributed by atoms with Gasteiger partial charge in [-0.05, 0) is 49.2 Å². The number of hydrogen-bond donors (Lipinski definition) is 1. The van der Waals surface area contributed by atoms with Crippen molar-refractivity contribution >= 4 is 27.5 Å². The van der Waals surface area contributed by atoms with E-state index in [4.69, 9.17) is 0 Å². The van der Waals surface area contributed by atoms with Crippen molar-refractivity contribution in [2.45, 2.75) is 37.8 Å². The van der Waals surface area contributed by atoms with Crippen LogP contribution in [0, 0.1) is 6.92 Å². The Hall–Kier alpha value is -4.43. The quantitative estimate of drug-likeness (QED) is 0.261. The van der Waals surface area contributed by atoms with Crippen LogP contribution < -0.4 is 9.62 Å². The molecule has 0 radical (unpaired) electrons. The summed E-state index contributed by atoms with van der Waals surface area (Å²) in [5, 5.41) is 2.87. The van der Waals surface area contributed by atoms with Gasteiger partial charge in [0.25, 0.3) is 10.0 Å². The molecule has 2 amide bonds. The van der Waals surface area contributed by atoms with Crippen molar-refractivity contribution in [2.24, 2.45) is 0 Å². The second kappa shape index (κ2) is 13.8. The third-order valence-corrected chi connectivity index (χ3v) is 8.50. The van der Waals surface area contributed by atoms with Gasteiger partial charge >= 0.3 is 0 Å². The maximum absolute atomic E-state index is 14.3. The second-order valence-corrected chi connectivity index (χ2v) is 11.6. The number of carbonyl (C=O) groups is 2. The van der Waals surface area contributed by atoms with Crippen LogP contribution in [0.5, 0.6) is 0 Å². The Morgan fingerprint density at radius 3 is 1.98 bits per heavy atom. The highest BCUT2D eigenvalue weighted by atomic mass is 32.2. The van der Waals surface area contributed by atoms with Gasteiger partial charge in [0.2, 0.25) is 11.8 Å². The second-order valence-electron chi connectivity index (χ2n) is 9.77. The van der Waals surface area contributed by atoms with Crippen LogP contribution in [0.3, 0.4) is 0 Å². The van der Waals surface area contributed by atoms with Gasteiger partial charge in [0.15, 0.2) is 0 Å². The number of likely N-dealkylation sites (N-methyl/N-ethyl adjacent to an activating group) is 1. The number of carbonyl (C=O) groups excluding carboxylic acids is 2. The van der Waals surface area contributed by atoms with Crippen molar-refractivity contribution in [3.05, 3.63) is 132 Å². The number of rotatable bonds is 12. The number of anilines is 1. The van der Waals surface area contributed by atoms with E-state index in [0.29, 0.717) is 12.2 Å². The zero-order valence-electron chi connectivity index (χ0n) is 23.3. The van der Waals surface area contributed by atoms with Gasteiger partial charge in [-0.2, -0.15) is 0 Å². The number of sulfonamides is 1. The molecule has 0 unspecified atom stereocenters. The molecule has 0 aliphatic rings. The summed E-state index contributed by atoms with van der Waals surface area (Å²) in [5.74, 6) is -0.781. The van der Waals surface area contributed by atoms with Crippen LogP contribution >= 0.6 is 0 Å². The first-order chi connectivity index (χ1) is 19.8. The molecule has 0 aromatic heterocycles. The maximum atomic E-state index is 14.3. The van der Waals surface area contributed by atoms with Crippen LogP contribution in [0.25, 0.3) is 0 Å². The smallest absolute Gasteiger partial charge is 0.264 e. The summed E-state index contributed by atoms with van der Waals surface area (Å²) in [5.41, 5.74) is 3.11. The zero-order valence-corrected chi connectivity index (χ0v) is 24.1. The fraction of sp³-hybridized carbons (Fsp3) is 0.212. The molecule has 1 atom stereocenters. The van der Waals surface area contributed by atoms with E-state index < -0.39 is 28.5 Å². The summed E-state index contributed by atoms with van der Waals surface area (Å²) in [4.78, 5) is 29.3.